The van der Waals surface area contributed by atoms with E-state index in [9.17, 15) is 10.5 Å². The van der Waals surface area contributed by atoms with E-state index in [1.54, 1.807) is 18.2 Å². The highest BCUT2D eigenvalue weighted by molar-refractivity contribution is 5.83. The van der Waals surface area contributed by atoms with Crippen molar-refractivity contribution in [3.05, 3.63) is 65.2 Å². The number of fused-ring (bicyclic) bond motifs is 1. The zero-order chi connectivity index (χ0) is 19.5. The van der Waals surface area contributed by atoms with Crippen molar-refractivity contribution in [2.45, 2.75) is 6.61 Å². The van der Waals surface area contributed by atoms with Gasteiger partial charge in [-0.1, -0.05) is 36.4 Å². The monoisotopic (exact) mass is 370 g/mol. The average molecular weight is 370 g/mol. The molecule has 2 heterocycles. The van der Waals surface area contributed by atoms with E-state index in [4.69, 9.17) is 19.9 Å². The number of pyridine rings is 1. The van der Waals surface area contributed by atoms with Crippen LogP contribution in [0.15, 0.2) is 48.5 Å². The minimum atomic E-state index is -0.00257. The third-order valence-corrected chi connectivity index (χ3v) is 4.30. The van der Waals surface area contributed by atoms with Gasteiger partial charge in [-0.2, -0.15) is 15.5 Å². The molecule has 0 unspecified atom stereocenters. The Bertz CT molecular complexity index is 1130. The molecule has 0 amide bonds. The number of nitrogen functional groups attached to an aromatic ring is 1. The van der Waals surface area contributed by atoms with E-state index in [2.05, 4.69) is 11.1 Å². The zero-order valence-corrected chi connectivity index (χ0v) is 14.7. The number of rotatable bonds is 4. The first kappa shape index (κ1) is 17.2. The Morgan fingerprint density at radius 1 is 1.00 bits per heavy atom. The second-order valence-electron chi connectivity index (χ2n) is 5.99. The number of nitrogens with zero attached hydrogens (tertiary/aromatic N) is 3. The fourth-order valence-electron chi connectivity index (χ4n) is 2.97. The van der Waals surface area contributed by atoms with Crippen LogP contribution in [-0.4, -0.2) is 11.8 Å². The van der Waals surface area contributed by atoms with Crippen LogP contribution in [0.3, 0.4) is 0 Å². The smallest absolute Gasteiger partial charge is 0.234 e. The molecular weight excluding hydrogens is 356 g/mol. The molecule has 2 N–H and O–H groups in total. The summed E-state index contributed by atoms with van der Waals surface area (Å²) in [5, 5.41) is 19.4. The summed E-state index contributed by atoms with van der Waals surface area (Å²) in [6, 6.07) is 18.8. The molecule has 0 fully saturated rings. The first-order valence-corrected chi connectivity index (χ1v) is 8.41. The van der Waals surface area contributed by atoms with Gasteiger partial charge in [-0.05, 0) is 23.3 Å². The van der Waals surface area contributed by atoms with E-state index >= 15 is 0 Å². The van der Waals surface area contributed by atoms with Crippen LogP contribution in [0.2, 0.25) is 0 Å². The largest absolute Gasteiger partial charge is 0.472 e. The summed E-state index contributed by atoms with van der Waals surface area (Å²) >= 11 is 0. The van der Waals surface area contributed by atoms with Crippen LogP contribution >= 0.6 is 0 Å². The maximum absolute atomic E-state index is 9.79. The number of hydrogen-bond acceptors (Lipinski definition) is 7. The Morgan fingerprint density at radius 2 is 1.75 bits per heavy atom. The molecule has 1 aliphatic heterocycles. The Labute approximate surface area is 161 Å². The van der Waals surface area contributed by atoms with E-state index in [1.807, 2.05) is 36.4 Å². The normalized spacial score (nSPS) is 11.5. The van der Waals surface area contributed by atoms with Crippen molar-refractivity contribution in [1.82, 2.24) is 4.98 Å². The van der Waals surface area contributed by atoms with Crippen LogP contribution in [0.1, 0.15) is 16.7 Å². The highest BCUT2D eigenvalue weighted by atomic mass is 16.7. The standard InChI is InChI=1S/C21H14N4O3/c22-9-15-19(14-6-7-17-18(8-14)28-12-27-17)16(10-23)21(25-20(15)24)26-11-13-4-2-1-3-5-13/h1-8H,11-12H2,(H2,24,25). The molecular formula is C21H14N4O3. The number of benzene rings is 2. The van der Waals surface area contributed by atoms with Gasteiger partial charge < -0.3 is 19.9 Å². The summed E-state index contributed by atoms with van der Waals surface area (Å²) < 4.78 is 16.5. The molecule has 136 valence electrons. The molecule has 4 rings (SSSR count). The predicted octanol–water partition coefficient (Wildman–Crippen LogP) is 3.38. The molecule has 7 heteroatoms. The summed E-state index contributed by atoms with van der Waals surface area (Å²) in [5.41, 5.74) is 8.12. The Kier molecular flexibility index (Phi) is 4.41. The lowest BCUT2D eigenvalue weighted by Crippen LogP contribution is -2.06. The SMILES string of the molecule is N#Cc1c(N)nc(OCc2ccccc2)c(C#N)c1-c1ccc2c(c1)OCO2. The van der Waals surface area contributed by atoms with Crippen molar-refractivity contribution < 1.29 is 14.2 Å². The van der Waals surface area contributed by atoms with Crippen molar-refractivity contribution in [3.63, 3.8) is 0 Å². The number of hydrogen-bond donors (Lipinski definition) is 1. The predicted molar refractivity (Wildman–Crippen MR) is 100 cm³/mol. The number of nitriles is 2. The van der Waals surface area contributed by atoms with Gasteiger partial charge in [0.15, 0.2) is 11.5 Å². The molecule has 0 radical (unpaired) electrons. The Balaban J connectivity index is 1.81. The summed E-state index contributed by atoms with van der Waals surface area (Å²) in [5.74, 6) is 1.21. The van der Waals surface area contributed by atoms with Crippen LogP contribution in [-0.2, 0) is 6.61 Å². The van der Waals surface area contributed by atoms with Gasteiger partial charge in [-0.25, -0.2) is 0 Å². The van der Waals surface area contributed by atoms with Gasteiger partial charge in [0.25, 0.3) is 0 Å². The minimum Gasteiger partial charge on any atom is -0.472 e. The summed E-state index contributed by atoms with van der Waals surface area (Å²) in [4.78, 5) is 4.14. The van der Waals surface area contributed by atoms with Gasteiger partial charge in [0.2, 0.25) is 12.7 Å². The second-order valence-corrected chi connectivity index (χ2v) is 5.99. The van der Waals surface area contributed by atoms with Crippen LogP contribution in [0.25, 0.3) is 11.1 Å². The van der Waals surface area contributed by atoms with E-state index in [0.29, 0.717) is 22.6 Å². The Morgan fingerprint density at radius 3 is 2.50 bits per heavy atom. The maximum atomic E-state index is 9.79. The van der Waals surface area contributed by atoms with Crippen LogP contribution in [0, 0.1) is 22.7 Å². The minimum absolute atomic E-state index is 0.00257. The van der Waals surface area contributed by atoms with Gasteiger partial charge in [0.05, 0.1) is 0 Å². The molecule has 7 nitrogen and oxygen atoms in total. The van der Waals surface area contributed by atoms with Crippen molar-refractivity contribution in [2.75, 3.05) is 12.5 Å². The fourth-order valence-corrected chi connectivity index (χ4v) is 2.97. The lowest BCUT2D eigenvalue weighted by atomic mass is 9.96. The van der Waals surface area contributed by atoms with Gasteiger partial charge >= 0.3 is 0 Å². The Hall–Kier alpha value is -4.23. The molecule has 28 heavy (non-hydrogen) atoms. The quantitative estimate of drug-likeness (QED) is 0.748. The summed E-state index contributed by atoms with van der Waals surface area (Å²) in [6.07, 6.45) is 0. The molecule has 2 aromatic carbocycles. The molecule has 0 saturated heterocycles. The number of anilines is 1. The third kappa shape index (κ3) is 3.02. The molecule has 3 aromatic rings. The molecule has 0 aliphatic carbocycles. The van der Waals surface area contributed by atoms with E-state index in [0.717, 1.165) is 5.56 Å². The summed E-state index contributed by atoms with van der Waals surface area (Å²) in [7, 11) is 0. The van der Waals surface area contributed by atoms with Crippen molar-refractivity contribution in [3.8, 4) is 40.6 Å². The highest BCUT2D eigenvalue weighted by Crippen LogP contribution is 2.40. The van der Waals surface area contributed by atoms with E-state index in [-0.39, 0.29) is 36.2 Å². The first-order valence-electron chi connectivity index (χ1n) is 8.41. The topological polar surface area (TPSA) is 114 Å². The van der Waals surface area contributed by atoms with Gasteiger partial charge in [0, 0.05) is 5.56 Å². The van der Waals surface area contributed by atoms with Gasteiger partial charge in [0.1, 0.15) is 35.7 Å². The highest BCUT2D eigenvalue weighted by Gasteiger charge is 2.23. The third-order valence-electron chi connectivity index (χ3n) is 4.30. The molecule has 0 saturated carbocycles. The molecule has 0 spiro atoms. The van der Waals surface area contributed by atoms with Crippen LogP contribution < -0.4 is 19.9 Å². The maximum Gasteiger partial charge on any atom is 0.234 e. The molecule has 0 atom stereocenters. The van der Waals surface area contributed by atoms with E-state index in [1.165, 1.54) is 0 Å². The molecule has 0 bridgehead atoms. The van der Waals surface area contributed by atoms with Crippen LogP contribution in [0.5, 0.6) is 17.4 Å². The van der Waals surface area contributed by atoms with Crippen molar-refractivity contribution in [1.29, 1.82) is 10.5 Å². The molecule has 1 aromatic heterocycles. The lowest BCUT2D eigenvalue weighted by Gasteiger charge is -2.14. The van der Waals surface area contributed by atoms with Gasteiger partial charge in [-0.15, -0.1) is 0 Å². The molecule has 1 aliphatic rings. The lowest BCUT2D eigenvalue weighted by molar-refractivity contribution is 0.174. The van der Waals surface area contributed by atoms with E-state index < -0.39 is 0 Å². The fraction of sp³-hybridized carbons (Fsp3) is 0.0952. The number of ether oxygens (including phenoxy) is 3. The average Bonchev–Trinajstić information content (AvgIpc) is 3.20. The number of aromatic nitrogens is 1. The van der Waals surface area contributed by atoms with Gasteiger partial charge in [-0.3, -0.25) is 0 Å². The van der Waals surface area contributed by atoms with Crippen molar-refractivity contribution in [2.24, 2.45) is 0 Å². The number of nitrogens with two attached hydrogens (primary N) is 1. The zero-order valence-electron chi connectivity index (χ0n) is 14.7. The first-order chi connectivity index (χ1) is 13.7. The van der Waals surface area contributed by atoms with Crippen molar-refractivity contribution >= 4 is 5.82 Å². The summed E-state index contributed by atoms with van der Waals surface area (Å²) in [6.45, 7) is 0.341. The second kappa shape index (κ2) is 7.18. The van der Waals surface area contributed by atoms with Crippen LogP contribution in [0.4, 0.5) is 5.82 Å².